The van der Waals surface area contributed by atoms with Crippen molar-refractivity contribution in [2.45, 2.75) is 38.6 Å². The third-order valence-corrected chi connectivity index (χ3v) is 7.37. The van der Waals surface area contributed by atoms with Gasteiger partial charge < -0.3 is 19.9 Å². The molecule has 36 heavy (non-hydrogen) atoms. The number of hydrogen-bond acceptors (Lipinski definition) is 4. The SMILES string of the molecule is Cc1cnc2[nH]c3c(OCC4CCN(C)CC4)ccc(-c4cccc(C(=O)NC5CC5)c4)c3c2c1.Cl. The van der Waals surface area contributed by atoms with Gasteiger partial charge in [-0.05, 0) is 106 Å². The van der Waals surface area contributed by atoms with Gasteiger partial charge in [0.25, 0.3) is 5.91 Å². The summed E-state index contributed by atoms with van der Waals surface area (Å²) in [5.41, 5.74) is 5.72. The van der Waals surface area contributed by atoms with Crippen LogP contribution in [0.15, 0.2) is 48.7 Å². The van der Waals surface area contributed by atoms with Crippen LogP contribution in [-0.4, -0.2) is 53.6 Å². The van der Waals surface area contributed by atoms with Crippen molar-refractivity contribution in [2.24, 2.45) is 5.92 Å². The smallest absolute Gasteiger partial charge is 0.251 e. The summed E-state index contributed by atoms with van der Waals surface area (Å²) < 4.78 is 6.42. The molecule has 2 fully saturated rings. The first kappa shape index (κ1) is 24.6. The van der Waals surface area contributed by atoms with Crippen LogP contribution in [0.1, 0.15) is 41.6 Å². The number of nitrogens with zero attached hydrogens (tertiary/aromatic N) is 2. The summed E-state index contributed by atoms with van der Waals surface area (Å²) in [7, 11) is 2.18. The minimum absolute atomic E-state index is 0. The van der Waals surface area contributed by atoms with Crippen LogP contribution in [0.3, 0.4) is 0 Å². The van der Waals surface area contributed by atoms with Crippen molar-refractivity contribution in [3.05, 3.63) is 59.8 Å². The van der Waals surface area contributed by atoms with Gasteiger partial charge in [0, 0.05) is 28.6 Å². The van der Waals surface area contributed by atoms with E-state index >= 15 is 0 Å². The summed E-state index contributed by atoms with van der Waals surface area (Å²) in [5.74, 6) is 1.44. The fraction of sp³-hybridized carbons (Fsp3) is 0.379. The van der Waals surface area contributed by atoms with Crippen LogP contribution in [0.4, 0.5) is 0 Å². The quantitative estimate of drug-likeness (QED) is 0.352. The van der Waals surface area contributed by atoms with Gasteiger partial charge in [0.2, 0.25) is 0 Å². The highest BCUT2D eigenvalue weighted by Gasteiger charge is 2.24. The molecule has 1 saturated carbocycles. The summed E-state index contributed by atoms with van der Waals surface area (Å²) in [4.78, 5) is 23.3. The number of nitrogens with one attached hydrogen (secondary N) is 2. The molecule has 6 nitrogen and oxygen atoms in total. The summed E-state index contributed by atoms with van der Waals surface area (Å²) in [5, 5.41) is 5.27. The zero-order chi connectivity index (χ0) is 23.9. The Kier molecular flexibility index (Phi) is 6.91. The first-order chi connectivity index (χ1) is 17.0. The molecule has 1 amide bonds. The normalized spacial score (nSPS) is 16.7. The van der Waals surface area contributed by atoms with Gasteiger partial charge in [-0.1, -0.05) is 12.1 Å². The molecule has 2 N–H and O–H groups in total. The number of rotatable bonds is 6. The van der Waals surface area contributed by atoms with E-state index in [4.69, 9.17) is 4.74 Å². The number of ether oxygens (including phenoxy) is 1. The number of aryl methyl sites for hydroxylation is 1. The van der Waals surface area contributed by atoms with Crippen molar-refractivity contribution in [3.8, 4) is 16.9 Å². The molecular weight excluding hydrogens is 472 g/mol. The Labute approximate surface area is 217 Å². The van der Waals surface area contributed by atoms with E-state index < -0.39 is 0 Å². The molecule has 0 bridgehead atoms. The van der Waals surface area contributed by atoms with Crippen LogP contribution >= 0.6 is 12.4 Å². The molecule has 0 unspecified atom stereocenters. The van der Waals surface area contributed by atoms with Crippen LogP contribution in [0, 0.1) is 12.8 Å². The molecule has 1 aliphatic carbocycles. The molecule has 7 heteroatoms. The Bertz CT molecular complexity index is 1400. The highest BCUT2D eigenvalue weighted by Crippen LogP contribution is 2.39. The molecule has 1 aliphatic heterocycles. The topological polar surface area (TPSA) is 70.2 Å². The van der Waals surface area contributed by atoms with Gasteiger partial charge in [-0.2, -0.15) is 0 Å². The lowest BCUT2D eigenvalue weighted by molar-refractivity contribution is 0.0951. The number of aromatic nitrogens is 2. The summed E-state index contributed by atoms with van der Waals surface area (Å²) in [6.45, 7) is 5.04. The molecule has 0 atom stereocenters. The van der Waals surface area contributed by atoms with Gasteiger partial charge in [0.05, 0.1) is 12.1 Å². The number of benzene rings is 2. The lowest BCUT2D eigenvalue weighted by Crippen LogP contribution is -2.32. The van der Waals surface area contributed by atoms with Crippen LogP contribution in [0.2, 0.25) is 0 Å². The number of pyridine rings is 1. The van der Waals surface area contributed by atoms with Gasteiger partial charge >= 0.3 is 0 Å². The van der Waals surface area contributed by atoms with E-state index in [0.29, 0.717) is 17.5 Å². The number of likely N-dealkylation sites (tertiary alicyclic amines) is 1. The number of piperidine rings is 1. The second-order valence-electron chi connectivity index (χ2n) is 10.3. The molecular formula is C29H33ClN4O2. The number of hydrogen-bond donors (Lipinski definition) is 2. The minimum atomic E-state index is 0. The first-order valence-electron chi connectivity index (χ1n) is 12.7. The molecule has 188 valence electrons. The zero-order valence-electron chi connectivity index (χ0n) is 20.8. The first-order valence-corrected chi connectivity index (χ1v) is 12.7. The third kappa shape index (κ3) is 4.93. The largest absolute Gasteiger partial charge is 0.491 e. The van der Waals surface area contributed by atoms with Crippen molar-refractivity contribution in [1.82, 2.24) is 20.2 Å². The molecule has 3 heterocycles. The van der Waals surface area contributed by atoms with Crippen molar-refractivity contribution >= 4 is 40.3 Å². The van der Waals surface area contributed by atoms with E-state index in [1.807, 2.05) is 24.4 Å². The molecule has 2 aromatic carbocycles. The van der Waals surface area contributed by atoms with E-state index in [1.165, 1.54) is 12.8 Å². The van der Waals surface area contributed by atoms with E-state index in [0.717, 1.165) is 76.9 Å². The molecule has 4 aromatic rings. The second kappa shape index (κ2) is 10.1. The van der Waals surface area contributed by atoms with Crippen molar-refractivity contribution in [2.75, 3.05) is 26.7 Å². The molecule has 1 saturated heterocycles. The molecule has 0 spiro atoms. The number of fused-ring (bicyclic) bond motifs is 3. The number of amides is 1. The third-order valence-electron chi connectivity index (χ3n) is 7.37. The average Bonchev–Trinajstić information content (AvgIpc) is 3.61. The fourth-order valence-electron chi connectivity index (χ4n) is 5.09. The maximum Gasteiger partial charge on any atom is 0.251 e. The Hall–Kier alpha value is -3.09. The standard InChI is InChI=1S/C29H32N4O2.ClH/c1-18-14-24-26-23(20-4-3-5-21(15-20)29(34)31-22-6-7-22)8-9-25(27(26)32-28(24)30-16-18)35-17-19-10-12-33(2)13-11-19;/h3-5,8-9,14-16,19,22H,6-7,10-13,17H2,1-2H3,(H,30,32)(H,31,34);1H. The summed E-state index contributed by atoms with van der Waals surface area (Å²) in [6, 6.07) is 14.6. The lowest BCUT2D eigenvalue weighted by atomic mass is 9.97. The van der Waals surface area contributed by atoms with E-state index in [2.05, 4.69) is 58.4 Å². The van der Waals surface area contributed by atoms with E-state index in [9.17, 15) is 4.79 Å². The van der Waals surface area contributed by atoms with E-state index in [-0.39, 0.29) is 18.3 Å². The highest BCUT2D eigenvalue weighted by atomic mass is 35.5. The van der Waals surface area contributed by atoms with Crippen molar-refractivity contribution in [1.29, 1.82) is 0 Å². The monoisotopic (exact) mass is 504 g/mol. The van der Waals surface area contributed by atoms with Crippen LogP contribution in [0.25, 0.3) is 33.1 Å². The summed E-state index contributed by atoms with van der Waals surface area (Å²) >= 11 is 0. The number of carbonyl (C=O) groups is 1. The predicted octanol–water partition coefficient (Wildman–Crippen LogP) is 5.73. The predicted molar refractivity (Wildman–Crippen MR) is 147 cm³/mol. The summed E-state index contributed by atoms with van der Waals surface area (Å²) in [6.07, 6.45) is 6.38. The van der Waals surface area contributed by atoms with Crippen molar-refractivity contribution < 1.29 is 9.53 Å². The van der Waals surface area contributed by atoms with Gasteiger partial charge in [-0.25, -0.2) is 4.98 Å². The Morgan fingerprint density at radius 3 is 2.72 bits per heavy atom. The van der Waals surface area contributed by atoms with Crippen LogP contribution in [-0.2, 0) is 0 Å². The van der Waals surface area contributed by atoms with E-state index in [1.54, 1.807) is 0 Å². The molecule has 2 aromatic heterocycles. The molecule has 6 rings (SSSR count). The lowest BCUT2D eigenvalue weighted by Gasteiger charge is -2.28. The van der Waals surface area contributed by atoms with Crippen molar-refractivity contribution in [3.63, 3.8) is 0 Å². The number of halogens is 1. The van der Waals surface area contributed by atoms with Gasteiger partial charge in [-0.15, -0.1) is 12.4 Å². The Balaban J connectivity index is 0.00000267. The number of carbonyl (C=O) groups excluding carboxylic acids is 1. The Morgan fingerprint density at radius 1 is 1.14 bits per heavy atom. The maximum atomic E-state index is 12.7. The van der Waals surface area contributed by atoms with Crippen LogP contribution < -0.4 is 10.1 Å². The van der Waals surface area contributed by atoms with Gasteiger partial charge in [0.15, 0.2) is 0 Å². The Morgan fingerprint density at radius 2 is 1.94 bits per heavy atom. The minimum Gasteiger partial charge on any atom is -0.491 e. The molecule has 2 aliphatic rings. The number of aromatic amines is 1. The maximum absolute atomic E-state index is 12.7. The fourth-order valence-corrected chi connectivity index (χ4v) is 5.09. The number of H-pyrrole nitrogens is 1. The zero-order valence-corrected chi connectivity index (χ0v) is 21.7. The van der Waals surface area contributed by atoms with Crippen LogP contribution in [0.5, 0.6) is 5.75 Å². The highest BCUT2D eigenvalue weighted by molar-refractivity contribution is 6.15. The van der Waals surface area contributed by atoms with Gasteiger partial charge in [0.1, 0.15) is 11.4 Å². The second-order valence-corrected chi connectivity index (χ2v) is 10.3. The van der Waals surface area contributed by atoms with Gasteiger partial charge in [-0.3, -0.25) is 4.79 Å². The average molecular weight is 505 g/mol. The molecule has 0 radical (unpaired) electrons.